The van der Waals surface area contributed by atoms with Crippen LogP contribution < -0.4 is 4.80 Å². The Bertz CT molecular complexity index is 1850. The molecular weight excluding hydrogens is 646 g/mol. The predicted molar refractivity (Wildman–Crippen MR) is 171 cm³/mol. The number of aryl methyl sites for hydroxylation is 1. The van der Waals surface area contributed by atoms with E-state index >= 15 is 0 Å². The summed E-state index contributed by atoms with van der Waals surface area (Å²) in [5.41, 5.74) is 8.10. The van der Waals surface area contributed by atoms with Crippen LogP contribution in [0.5, 0.6) is 0 Å². The minimum atomic E-state index is 0.776. The van der Waals surface area contributed by atoms with Gasteiger partial charge in [-0.1, -0.05) is 92.0 Å². The van der Waals surface area contributed by atoms with Gasteiger partial charge in [0.1, 0.15) is 5.69 Å². The number of aromatic nitrogens is 3. The average Bonchev–Trinajstić information content (AvgIpc) is 3.60. The van der Waals surface area contributed by atoms with Gasteiger partial charge in [-0.3, -0.25) is 4.57 Å². The van der Waals surface area contributed by atoms with Crippen molar-refractivity contribution in [2.45, 2.75) is 6.92 Å². The highest BCUT2D eigenvalue weighted by Gasteiger charge is 2.12. The molecule has 0 aliphatic heterocycles. The first-order chi connectivity index (χ1) is 19.5. The molecule has 0 amide bonds. The number of para-hydroxylation sites is 1. The first kappa shape index (κ1) is 26.4. The second-order valence-corrected chi connectivity index (χ2v) is 11.8. The van der Waals surface area contributed by atoms with Gasteiger partial charge < -0.3 is 0 Å². The van der Waals surface area contributed by atoms with Gasteiger partial charge in [-0.2, -0.15) is 10.2 Å². The number of hydrogen-bond donors (Lipinski definition) is 0. The first-order valence-corrected chi connectivity index (χ1v) is 15.0. The molecule has 0 N–H and O–H groups in total. The lowest BCUT2D eigenvalue weighted by molar-refractivity contribution is 0.884. The number of rotatable bonds is 6. The van der Waals surface area contributed by atoms with Crippen molar-refractivity contribution in [3.63, 3.8) is 0 Å². The van der Waals surface area contributed by atoms with Crippen LogP contribution in [0.4, 0.5) is 0 Å². The summed E-state index contributed by atoms with van der Waals surface area (Å²) in [6.45, 7) is 2.08. The summed E-state index contributed by atoms with van der Waals surface area (Å²) in [6, 6.07) is 35.0. The normalized spacial score (nSPS) is 11.9. The monoisotopic (exact) mass is 667 g/mol. The van der Waals surface area contributed by atoms with Gasteiger partial charge in [0.25, 0.3) is 0 Å². The SMILES string of the molecule is Cc1ccc(-c2nn(-c3ccc(Br)cc3)cc2/C=N/N=c2/scc(-c3ccc(Br)cc3)n2-c2ccccc2)cc1. The third kappa shape index (κ3) is 5.70. The molecule has 0 aliphatic carbocycles. The van der Waals surface area contributed by atoms with Gasteiger partial charge in [0.15, 0.2) is 0 Å². The highest BCUT2D eigenvalue weighted by Crippen LogP contribution is 2.26. The molecule has 0 aliphatic rings. The van der Waals surface area contributed by atoms with Crippen LogP contribution in [0, 0.1) is 6.92 Å². The molecule has 196 valence electrons. The molecular formula is C32H23Br2N5S. The Morgan fingerprint density at radius 3 is 2.10 bits per heavy atom. The van der Waals surface area contributed by atoms with Crippen molar-refractivity contribution in [1.82, 2.24) is 14.3 Å². The van der Waals surface area contributed by atoms with E-state index in [0.717, 1.165) is 53.2 Å². The van der Waals surface area contributed by atoms with Gasteiger partial charge in [0, 0.05) is 37.3 Å². The fraction of sp³-hybridized carbons (Fsp3) is 0.0312. The van der Waals surface area contributed by atoms with Crippen LogP contribution in [-0.4, -0.2) is 20.6 Å². The Hall–Kier alpha value is -3.85. The van der Waals surface area contributed by atoms with E-state index < -0.39 is 0 Å². The maximum Gasteiger partial charge on any atom is 0.215 e. The number of halogens is 2. The van der Waals surface area contributed by atoms with Gasteiger partial charge in [-0.15, -0.1) is 16.4 Å². The highest BCUT2D eigenvalue weighted by molar-refractivity contribution is 9.10. The van der Waals surface area contributed by atoms with Crippen molar-refractivity contribution < 1.29 is 0 Å². The molecule has 0 fully saturated rings. The summed E-state index contributed by atoms with van der Waals surface area (Å²) in [4.78, 5) is 0.776. The maximum absolute atomic E-state index is 4.91. The summed E-state index contributed by atoms with van der Waals surface area (Å²) >= 11 is 8.61. The lowest BCUT2D eigenvalue weighted by Crippen LogP contribution is -2.13. The van der Waals surface area contributed by atoms with Gasteiger partial charge in [-0.25, -0.2) is 4.68 Å². The van der Waals surface area contributed by atoms with Crippen molar-refractivity contribution in [2.75, 3.05) is 0 Å². The number of hydrogen-bond acceptors (Lipinski definition) is 4. The van der Waals surface area contributed by atoms with Crippen molar-refractivity contribution in [2.24, 2.45) is 10.2 Å². The molecule has 0 saturated carbocycles. The lowest BCUT2D eigenvalue weighted by atomic mass is 10.1. The molecule has 0 atom stereocenters. The summed E-state index contributed by atoms with van der Waals surface area (Å²) < 4.78 is 6.08. The van der Waals surface area contributed by atoms with E-state index in [-0.39, 0.29) is 0 Å². The largest absolute Gasteiger partial charge is 0.284 e. The van der Waals surface area contributed by atoms with Crippen LogP contribution in [0.1, 0.15) is 11.1 Å². The van der Waals surface area contributed by atoms with Gasteiger partial charge in [0.05, 0.1) is 17.6 Å². The summed E-state index contributed by atoms with van der Waals surface area (Å²) in [5, 5.41) is 16.3. The topological polar surface area (TPSA) is 47.5 Å². The quantitative estimate of drug-likeness (QED) is 0.129. The molecule has 6 aromatic rings. The summed E-state index contributed by atoms with van der Waals surface area (Å²) in [5.74, 6) is 0. The molecule has 0 spiro atoms. The third-order valence-electron chi connectivity index (χ3n) is 6.36. The number of nitrogens with zero attached hydrogens (tertiary/aromatic N) is 5. The van der Waals surface area contributed by atoms with Crippen LogP contribution in [0.3, 0.4) is 0 Å². The second kappa shape index (κ2) is 11.7. The van der Waals surface area contributed by atoms with E-state index in [2.05, 4.69) is 107 Å². The average molecular weight is 669 g/mol. The third-order valence-corrected chi connectivity index (χ3v) is 8.23. The Morgan fingerprint density at radius 1 is 0.750 bits per heavy atom. The first-order valence-electron chi connectivity index (χ1n) is 12.6. The van der Waals surface area contributed by atoms with Crippen LogP contribution in [-0.2, 0) is 0 Å². The fourth-order valence-corrected chi connectivity index (χ4v) is 5.70. The van der Waals surface area contributed by atoms with Crippen molar-refractivity contribution in [3.05, 3.63) is 140 Å². The molecule has 8 heteroatoms. The van der Waals surface area contributed by atoms with Crippen LogP contribution in [0.2, 0.25) is 0 Å². The van der Waals surface area contributed by atoms with E-state index in [0.29, 0.717) is 0 Å². The Morgan fingerprint density at radius 2 is 1.40 bits per heavy atom. The second-order valence-electron chi connectivity index (χ2n) is 9.15. The molecule has 0 radical (unpaired) electrons. The zero-order valence-electron chi connectivity index (χ0n) is 21.4. The molecule has 40 heavy (non-hydrogen) atoms. The van der Waals surface area contributed by atoms with Crippen LogP contribution in [0.25, 0.3) is 33.9 Å². The van der Waals surface area contributed by atoms with Gasteiger partial charge in [-0.05, 0) is 61.0 Å². The van der Waals surface area contributed by atoms with E-state index in [1.165, 1.54) is 5.56 Å². The van der Waals surface area contributed by atoms with Gasteiger partial charge in [0.2, 0.25) is 4.80 Å². The molecule has 6 rings (SSSR count). The molecule has 0 saturated heterocycles. The smallest absolute Gasteiger partial charge is 0.215 e. The molecule has 5 nitrogen and oxygen atoms in total. The molecule has 2 aromatic heterocycles. The minimum Gasteiger partial charge on any atom is -0.284 e. The van der Waals surface area contributed by atoms with Crippen molar-refractivity contribution in [3.8, 4) is 33.9 Å². The van der Waals surface area contributed by atoms with Gasteiger partial charge >= 0.3 is 0 Å². The van der Waals surface area contributed by atoms with Crippen molar-refractivity contribution in [1.29, 1.82) is 0 Å². The molecule has 0 unspecified atom stereocenters. The van der Waals surface area contributed by atoms with E-state index in [1.807, 2.05) is 65.5 Å². The highest BCUT2D eigenvalue weighted by atomic mass is 79.9. The Balaban J connectivity index is 1.44. The number of benzene rings is 4. The Kier molecular flexibility index (Phi) is 7.73. The standard InChI is InChI=1S/C32H23Br2N5S/c1-22-7-9-24(10-8-22)31-25(20-38(37-31)28-17-15-27(34)16-18-28)19-35-36-32-39(29-5-3-2-4-6-29)30(21-40-32)23-11-13-26(33)14-12-23/h2-21H,1H3/b35-19+,36-32+. The minimum absolute atomic E-state index is 0.776. The predicted octanol–water partition coefficient (Wildman–Crippen LogP) is 8.83. The fourth-order valence-electron chi connectivity index (χ4n) is 4.31. The molecule has 0 bridgehead atoms. The summed E-state index contributed by atoms with van der Waals surface area (Å²) in [7, 11) is 0. The van der Waals surface area contributed by atoms with Crippen LogP contribution >= 0.6 is 43.2 Å². The van der Waals surface area contributed by atoms with E-state index in [4.69, 9.17) is 5.10 Å². The molecule has 2 heterocycles. The molecule has 4 aromatic carbocycles. The zero-order chi connectivity index (χ0) is 27.5. The number of thiazole rings is 1. The Labute approximate surface area is 253 Å². The van der Waals surface area contributed by atoms with Crippen molar-refractivity contribution >= 4 is 49.4 Å². The zero-order valence-corrected chi connectivity index (χ0v) is 25.4. The summed E-state index contributed by atoms with van der Waals surface area (Å²) in [6.07, 6.45) is 3.77. The van der Waals surface area contributed by atoms with E-state index in [9.17, 15) is 0 Å². The van der Waals surface area contributed by atoms with Crippen LogP contribution in [0.15, 0.2) is 134 Å². The maximum atomic E-state index is 4.91. The lowest BCUT2D eigenvalue weighted by Gasteiger charge is -2.09. The van der Waals surface area contributed by atoms with E-state index in [1.54, 1.807) is 17.6 Å².